The summed E-state index contributed by atoms with van der Waals surface area (Å²) in [6.45, 7) is 0. The van der Waals surface area contributed by atoms with Crippen molar-refractivity contribution in [1.29, 1.82) is 0 Å². The molecular formula is C19H18N2O3S2. The fourth-order valence-electron chi connectivity index (χ4n) is 2.38. The van der Waals surface area contributed by atoms with Crippen molar-refractivity contribution in [3.63, 3.8) is 0 Å². The first-order valence-corrected chi connectivity index (χ1v) is 10.8. The third-order valence-corrected chi connectivity index (χ3v) is 6.14. The molecule has 0 bridgehead atoms. The van der Waals surface area contributed by atoms with Gasteiger partial charge in [0.2, 0.25) is 5.91 Å². The standard InChI is InChI=1S/C19H18N2O3S2/c22-18(20-16-9-5-2-6-10-16)11-12-26(23,24)14-17-13-25-19(21-17)15-7-3-1-4-8-15/h1-10,13H,11-12,14H2,(H,20,22). The molecule has 0 aliphatic carbocycles. The fraction of sp³-hybridized carbons (Fsp3) is 0.158. The number of sulfone groups is 1. The Hall–Kier alpha value is -2.51. The van der Waals surface area contributed by atoms with Gasteiger partial charge in [-0.1, -0.05) is 48.5 Å². The first kappa shape index (κ1) is 18.3. The Balaban J connectivity index is 1.56. The van der Waals surface area contributed by atoms with Gasteiger partial charge in [0.1, 0.15) is 5.01 Å². The summed E-state index contributed by atoms with van der Waals surface area (Å²) >= 11 is 1.41. The van der Waals surface area contributed by atoms with Crippen molar-refractivity contribution < 1.29 is 13.2 Å². The third kappa shape index (κ3) is 5.24. The number of nitrogens with zero attached hydrogens (tertiary/aromatic N) is 1. The minimum Gasteiger partial charge on any atom is -0.326 e. The first-order valence-electron chi connectivity index (χ1n) is 8.07. The molecule has 5 nitrogen and oxygen atoms in total. The second kappa shape index (κ2) is 8.25. The van der Waals surface area contributed by atoms with Gasteiger partial charge in [0, 0.05) is 23.1 Å². The van der Waals surface area contributed by atoms with Gasteiger partial charge in [-0.05, 0) is 12.1 Å². The van der Waals surface area contributed by atoms with E-state index < -0.39 is 9.84 Å². The molecular weight excluding hydrogens is 368 g/mol. The maximum absolute atomic E-state index is 12.3. The van der Waals surface area contributed by atoms with Gasteiger partial charge in [-0.3, -0.25) is 4.79 Å². The van der Waals surface area contributed by atoms with E-state index in [0.29, 0.717) is 11.4 Å². The fourth-order valence-corrected chi connectivity index (χ4v) is 4.55. The molecule has 134 valence electrons. The summed E-state index contributed by atoms with van der Waals surface area (Å²) in [4.78, 5) is 16.3. The highest BCUT2D eigenvalue weighted by Crippen LogP contribution is 2.24. The van der Waals surface area contributed by atoms with Crippen LogP contribution in [-0.2, 0) is 20.4 Å². The number of para-hydroxylation sites is 1. The number of hydrogen-bond donors (Lipinski definition) is 1. The predicted molar refractivity (Wildman–Crippen MR) is 105 cm³/mol. The normalized spacial score (nSPS) is 11.2. The average molecular weight is 386 g/mol. The Bertz CT molecular complexity index is 968. The van der Waals surface area contributed by atoms with E-state index in [4.69, 9.17) is 0 Å². The molecule has 3 aromatic rings. The van der Waals surface area contributed by atoms with E-state index >= 15 is 0 Å². The lowest BCUT2D eigenvalue weighted by Crippen LogP contribution is -2.18. The van der Waals surface area contributed by atoms with Gasteiger partial charge < -0.3 is 5.32 Å². The number of benzene rings is 2. The average Bonchev–Trinajstić information content (AvgIpc) is 3.09. The summed E-state index contributed by atoms with van der Waals surface area (Å²) in [7, 11) is -3.41. The SMILES string of the molecule is O=C(CCS(=O)(=O)Cc1csc(-c2ccccc2)n1)Nc1ccccc1. The molecule has 0 radical (unpaired) electrons. The summed E-state index contributed by atoms with van der Waals surface area (Å²) in [5, 5.41) is 5.23. The van der Waals surface area contributed by atoms with E-state index in [1.165, 1.54) is 11.3 Å². The molecule has 3 rings (SSSR count). The quantitative estimate of drug-likeness (QED) is 0.671. The molecule has 26 heavy (non-hydrogen) atoms. The molecule has 0 spiro atoms. The van der Waals surface area contributed by atoms with Crippen molar-refractivity contribution in [3.8, 4) is 10.6 Å². The van der Waals surface area contributed by atoms with Crippen LogP contribution in [-0.4, -0.2) is 25.1 Å². The van der Waals surface area contributed by atoms with Crippen LogP contribution < -0.4 is 5.32 Å². The Morgan fingerprint density at radius 2 is 1.65 bits per heavy atom. The molecule has 0 saturated carbocycles. The number of hydrogen-bond acceptors (Lipinski definition) is 5. The van der Waals surface area contributed by atoms with Crippen molar-refractivity contribution >= 4 is 32.8 Å². The number of anilines is 1. The minimum atomic E-state index is -3.41. The van der Waals surface area contributed by atoms with Crippen molar-refractivity contribution in [2.75, 3.05) is 11.1 Å². The lowest BCUT2D eigenvalue weighted by Gasteiger charge is -2.05. The Labute approximate surface area is 156 Å². The van der Waals surface area contributed by atoms with Crippen LogP contribution in [0.15, 0.2) is 66.0 Å². The molecule has 2 aromatic carbocycles. The molecule has 1 amide bonds. The molecule has 7 heteroatoms. The Morgan fingerprint density at radius 1 is 1.00 bits per heavy atom. The molecule has 1 heterocycles. The molecule has 0 atom stereocenters. The van der Waals surface area contributed by atoms with Gasteiger partial charge in [0.05, 0.1) is 17.2 Å². The van der Waals surface area contributed by atoms with Crippen molar-refractivity contribution in [2.45, 2.75) is 12.2 Å². The molecule has 0 fully saturated rings. The maximum atomic E-state index is 12.3. The lowest BCUT2D eigenvalue weighted by atomic mass is 10.2. The highest BCUT2D eigenvalue weighted by atomic mass is 32.2. The van der Waals surface area contributed by atoms with Crippen LogP contribution in [0, 0.1) is 0 Å². The Kier molecular flexibility index (Phi) is 5.80. The topological polar surface area (TPSA) is 76.1 Å². The van der Waals surface area contributed by atoms with Crippen LogP contribution in [0.1, 0.15) is 12.1 Å². The van der Waals surface area contributed by atoms with Gasteiger partial charge in [-0.25, -0.2) is 13.4 Å². The number of nitrogens with one attached hydrogen (secondary N) is 1. The zero-order valence-electron chi connectivity index (χ0n) is 14.0. The molecule has 0 aliphatic rings. The van der Waals surface area contributed by atoms with E-state index in [1.54, 1.807) is 29.6 Å². The molecule has 1 aromatic heterocycles. The lowest BCUT2D eigenvalue weighted by molar-refractivity contribution is -0.115. The highest BCUT2D eigenvalue weighted by molar-refractivity contribution is 7.90. The number of carbonyl (C=O) groups excluding carboxylic acids is 1. The largest absolute Gasteiger partial charge is 0.326 e. The number of thiazole rings is 1. The van der Waals surface area contributed by atoms with Gasteiger partial charge in [-0.15, -0.1) is 11.3 Å². The third-order valence-electron chi connectivity index (χ3n) is 3.64. The molecule has 1 N–H and O–H groups in total. The Morgan fingerprint density at radius 3 is 2.35 bits per heavy atom. The molecule has 0 saturated heterocycles. The molecule has 0 unspecified atom stereocenters. The van der Waals surface area contributed by atoms with Crippen molar-refractivity contribution in [3.05, 3.63) is 71.7 Å². The van der Waals surface area contributed by atoms with Crippen LogP contribution in [0.5, 0.6) is 0 Å². The first-order chi connectivity index (χ1) is 12.5. The van der Waals surface area contributed by atoms with Gasteiger partial charge in [0.15, 0.2) is 9.84 Å². The summed E-state index contributed by atoms with van der Waals surface area (Å²) in [5.41, 5.74) is 2.13. The number of rotatable bonds is 7. The highest BCUT2D eigenvalue weighted by Gasteiger charge is 2.17. The van der Waals surface area contributed by atoms with E-state index in [0.717, 1.165) is 10.6 Å². The van der Waals surface area contributed by atoms with Crippen LogP contribution in [0.3, 0.4) is 0 Å². The van der Waals surface area contributed by atoms with Crippen LogP contribution in [0.4, 0.5) is 5.69 Å². The minimum absolute atomic E-state index is 0.0765. The van der Waals surface area contributed by atoms with Crippen LogP contribution in [0.25, 0.3) is 10.6 Å². The summed E-state index contributed by atoms with van der Waals surface area (Å²) in [5.74, 6) is -0.679. The second-order valence-electron chi connectivity index (χ2n) is 5.77. The van der Waals surface area contributed by atoms with Crippen LogP contribution >= 0.6 is 11.3 Å². The number of carbonyl (C=O) groups is 1. The summed E-state index contributed by atoms with van der Waals surface area (Å²) in [6, 6.07) is 18.6. The van der Waals surface area contributed by atoms with Gasteiger partial charge in [-0.2, -0.15) is 0 Å². The monoisotopic (exact) mass is 386 g/mol. The zero-order chi connectivity index (χ0) is 18.4. The molecule has 0 aliphatic heterocycles. The van der Waals surface area contributed by atoms with Crippen molar-refractivity contribution in [1.82, 2.24) is 4.98 Å². The van der Waals surface area contributed by atoms with Crippen LogP contribution in [0.2, 0.25) is 0 Å². The van der Waals surface area contributed by atoms with Crippen molar-refractivity contribution in [2.24, 2.45) is 0 Å². The zero-order valence-corrected chi connectivity index (χ0v) is 15.6. The smallest absolute Gasteiger partial charge is 0.225 e. The van der Waals surface area contributed by atoms with E-state index in [9.17, 15) is 13.2 Å². The maximum Gasteiger partial charge on any atom is 0.225 e. The van der Waals surface area contributed by atoms with E-state index in [1.807, 2.05) is 36.4 Å². The summed E-state index contributed by atoms with van der Waals surface area (Å²) in [6.07, 6.45) is -0.0765. The van der Waals surface area contributed by atoms with E-state index in [-0.39, 0.29) is 23.8 Å². The summed E-state index contributed by atoms with van der Waals surface area (Å²) < 4.78 is 24.6. The number of amides is 1. The second-order valence-corrected chi connectivity index (χ2v) is 8.81. The number of aromatic nitrogens is 1. The van der Waals surface area contributed by atoms with E-state index in [2.05, 4.69) is 10.3 Å². The predicted octanol–water partition coefficient (Wildman–Crippen LogP) is 3.75. The van der Waals surface area contributed by atoms with Gasteiger partial charge >= 0.3 is 0 Å². The van der Waals surface area contributed by atoms with Gasteiger partial charge in [0.25, 0.3) is 0 Å².